The number of amides is 1. The zero-order chi connectivity index (χ0) is 21.3. The predicted molar refractivity (Wildman–Crippen MR) is 118 cm³/mol. The normalized spacial score (nSPS) is 10.7. The summed E-state index contributed by atoms with van der Waals surface area (Å²) in [5.41, 5.74) is 2.32. The highest BCUT2D eigenvalue weighted by atomic mass is 35.5. The van der Waals surface area contributed by atoms with Crippen LogP contribution in [0.2, 0.25) is 5.02 Å². The number of rotatable bonds is 8. The molecule has 3 aromatic rings. The van der Waals surface area contributed by atoms with E-state index in [1.165, 1.54) is 24.5 Å². The number of thiazole rings is 1. The van der Waals surface area contributed by atoms with Crippen molar-refractivity contribution in [2.75, 3.05) is 12.4 Å². The van der Waals surface area contributed by atoms with Gasteiger partial charge in [-0.3, -0.25) is 14.9 Å². The average molecular weight is 443 g/mol. The summed E-state index contributed by atoms with van der Waals surface area (Å²) >= 11 is 7.37. The molecule has 0 bridgehead atoms. The van der Waals surface area contributed by atoms with E-state index < -0.39 is 0 Å². The van der Waals surface area contributed by atoms with Crippen LogP contribution in [0, 0.1) is 0 Å². The number of nitrogens with zero attached hydrogens (tertiary/aromatic N) is 1. The molecule has 0 radical (unpaired) electrons. The third kappa shape index (κ3) is 6.43. The van der Waals surface area contributed by atoms with Gasteiger partial charge in [-0.15, -0.1) is 11.3 Å². The Morgan fingerprint density at radius 1 is 1.17 bits per heavy atom. The minimum Gasteiger partial charge on any atom is -0.489 e. The van der Waals surface area contributed by atoms with Crippen molar-refractivity contribution in [2.24, 2.45) is 0 Å². The first-order valence-corrected chi connectivity index (χ1v) is 10.3. The summed E-state index contributed by atoms with van der Waals surface area (Å²) < 4.78 is 10.3. The molecule has 6 nitrogen and oxygen atoms in total. The largest absolute Gasteiger partial charge is 0.489 e. The van der Waals surface area contributed by atoms with Gasteiger partial charge < -0.3 is 9.47 Å². The van der Waals surface area contributed by atoms with Crippen molar-refractivity contribution < 1.29 is 19.1 Å². The van der Waals surface area contributed by atoms with Crippen molar-refractivity contribution in [1.29, 1.82) is 0 Å². The highest BCUT2D eigenvalue weighted by molar-refractivity contribution is 7.14. The smallest absolute Gasteiger partial charge is 0.311 e. The molecule has 3 rings (SSSR count). The number of anilines is 1. The Kier molecular flexibility index (Phi) is 7.59. The summed E-state index contributed by atoms with van der Waals surface area (Å²) in [5.74, 6) is 0.0165. The van der Waals surface area contributed by atoms with E-state index in [1.54, 1.807) is 11.5 Å². The number of nitrogens with one attached hydrogen (secondary N) is 1. The Bertz CT molecular complexity index is 1050. The molecule has 30 heavy (non-hydrogen) atoms. The first-order valence-electron chi connectivity index (χ1n) is 9.00. The molecule has 1 aromatic heterocycles. The first-order chi connectivity index (χ1) is 14.5. The predicted octanol–water partition coefficient (Wildman–Crippen LogP) is 4.74. The van der Waals surface area contributed by atoms with Crippen LogP contribution in [-0.2, 0) is 27.4 Å². The Hall–Kier alpha value is -3.16. The van der Waals surface area contributed by atoms with Crippen molar-refractivity contribution in [3.05, 3.63) is 81.8 Å². The van der Waals surface area contributed by atoms with Crippen LogP contribution < -0.4 is 10.1 Å². The Morgan fingerprint density at radius 3 is 2.67 bits per heavy atom. The lowest BCUT2D eigenvalue weighted by Gasteiger charge is -2.07. The van der Waals surface area contributed by atoms with Crippen LogP contribution in [0.3, 0.4) is 0 Å². The van der Waals surface area contributed by atoms with Crippen LogP contribution >= 0.6 is 22.9 Å². The fourth-order valence-electron chi connectivity index (χ4n) is 2.44. The SMILES string of the molecule is COC(=O)Cc1csc(NC(=O)/C=C/c2ccc(OCc3ccccc3Cl)cc2)n1. The molecule has 0 aliphatic rings. The molecule has 0 aliphatic heterocycles. The zero-order valence-corrected chi connectivity index (χ0v) is 17.7. The molecule has 0 aliphatic carbocycles. The number of carbonyl (C=O) groups is 2. The summed E-state index contributed by atoms with van der Waals surface area (Å²) in [6.07, 6.45) is 3.18. The lowest BCUT2D eigenvalue weighted by molar-refractivity contribution is -0.139. The van der Waals surface area contributed by atoms with Crippen molar-refractivity contribution in [3.63, 3.8) is 0 Å². The van der Waals surface area contributed by atoms with Gasteiger partial charge in [0.1, 0.15) is 12.4 Å². The second kappa shape index (κ2) is 10.6. The Balaban J connectivity index is 1.50. The summed E-state index contributed by atoms with van der Waals surface area (Å²) in [7, 11) is 1.32. The first kappa shape index (κ1) is 21.5. The second-order valence-electron chi connectivity index (χ2n) is 6.17. The van der Waals surface area contributed by atoms with Gasteiger partial charge in [0.15, 0.2) is 5.13 Å². The number of carbonyl (C=O) groups excluding carboxylic acids is 2. The van der Waals surface area contributed by atoms with Gasteiger partial charge >= 0.3 is 5.97 Å². The van der Waals surface area contributed by atoms with Gasteiger partial charge in [-0.05, 0) is 29.8 Å². The quantitative estimate of drug-likeness (QED) is 0.402. The highest BCUT2D eigenvalue weighted by Crippen LogP contribution is 2.20. The molecule has 154 valence electrons. The molecule has 1 heterocycles. The molecule has 2 aromatic carbocycles. The summed E-state index contributed by atoms with van der Waals surface area (Å²) in [5, 5.41) is 5.47. The molecule has 0 saturated heterocycles. The van der Waals surface area contributed by atoms with Gasteiger partial charge in [0.05, 0.1) is 19.2 Å². The number of methoxy groups -OCH3 is 1. The van der Waals surface area contributed by atoms with E-state index in [2.05, 4.69) is 15.0 Å². The molecule has 1 amide bonds. The number of aromatic nitrogens is 1. The van der Waals surface area contributed by atoms with E-state index in [9.17, 15) is 9.59 Å². The Labute approximate surface area is 183 Å². The summed E-state index contributed by atoms with van der Waals surface area (Å²) in [4.78, 5) is 27.5. The number of hydrogen-bond acceptors (Lipinski definition) is 6. The number of benzene rings is 2. The molecule has 0 atom stereocenters. The van der Waals surface area contributed by atoms with Gasteiger partial charge in [-0.2, -0.15) is 0 Å². The zero-order valence-electron chi connectivity index (χ0n) is 16.1. The molecule has 8 heteroatoms. The van der Waals surface area contributed by atoms with Crippen LogP contribution in [0.4, 0.5) is 5.13 Å². The maximum Gasteiger partial charge on any atom is 0.311 e. The summed E-state index contributed by atoms with van der Waals surface area (Å²) in [6.45, 7) is 0.378. The van der Waals surface area contributed by atoms with Crippen LogP contribution in [0.5, 0.6) is 5.75 Å². The second-order valence-corrected chi connectivity index (χ2v) is 7.43. The van der Waals surface area contributed by atoms with Crippen molar-refractivity contribution in [1.82, 2.24) is 4.98 Å². The van der Waals surface area contributed by atoms with E-state index in [0.29, 0.717) is 28.2 Å². The molecular weight excluding hydrogens is 424 g/mol. The fourth-order valence-corrected chi connectivity index (χ4v) is 3.34. The minimum absolute atomic E-state index is 0.0730. The molecule has 0 spiro atoms. The maximum absolute atomic E-state index is 12.1. The minimum atomic E-state index is -0.377. The third-order valence-corrected chi connectivity index (χ3v) is 5.17. The molecule has 1 N–H and O–H groups in total. The number of esters is 1. The lowest BCUT2D eigenvalue weighted by Crippen LogP contribution is -2.08. The maximum atomic E-state index is 12.1. The standard InChI is InChI=1S/C22H19ClN2O4S/c1-28-21(27)12-17-14-30-22(24-17)25-20(26)11-8-15-6-9-18(10-7-15)29-13-16-4-2-3-5-19(16)23/h2-11,14H,12-13H2,1H3,(H,24,25,26)/b11-8+. The topological polar surface area (TPSA) is 77.5 Å². The highest BCUT2D eigenvalue weighted by Gasteiger charge is 2.08. The number of hydrogen-bond donors (Lipinski definition) is 1. The van der Waals surface area contributed by atoms with E-state index in [0.717, 1.165) is 11.1 Å². The third-order valence-electron chi connectivity index (χ3n) is 3.99. The van der Waals surface area contributed by atoms with Crippen LogP contribution in [-0.4, -0.2) is 24.0 Å². The molecule has 0 saturated carbocycles. The van der Waals surface area contributed by atoms with Gasteiger partial charge in [0, 0.05) is 22.0 Å². The van der Waals surface area contributed by atoms with Gasteiger partial charge in [0.25, 0.3) is 0 Å². The molecular formula is C22H19ClN2O4S. The molecule has 0 fully saturated rings. The van der Waals surface area contributed by atoms with E-state index in [-0.39, 0.29) is 18.3 Å². The van der Waals surface area contributed by atoms with E-state index >= 15 is 0 Å². The monoisotopic (exact) mass is 442 g/mol. The van der Waals surface area contributed by atoms with Gasteiger partial charge in [-0.25, -0.2) is 4.98 Å². The van der Waals surface area contributed by atoms with Crippen molar-refractivity contribution in [3.8, 4) is 5.75 Å². The summed E-state index contributed by atoms with van der Waals surface area (Å²) in [6, 6.07) is 14.9. The average Bonchev–Trinajstić information content (AvgIpc) is 3.18. The van der Waals surface area contributed by atoms with E-state index in [4.69, 9.17) is 16.3 Å². The van der Waals surface area contributed by atoms with Gasteiger partial charge in [0.2, 0.25) is 5.91 Å². The number of halogens is 1. The van der Waals surface area contributed by atoms with Crippen molar-refractivity contribution >= 4 is 46.0 Å². The van der Waals surface area contributed by atoms with Crippen LogP contribution in [0.25, 0.3) is 6.08 Å². The molecule has 0 unspecified atom stereocenters. The lowest BCUT2D eigenvalue weighted by atomic mass is 10.2. The Morgan fingerprint density at radius 2 is 1.93 bits per heavy atom. The fraction of sp³-hybridized carbons (Fsp3) is 0.136. The van der Waals surface area contributed by atoms with Crippen LogP contribution in [0.1, 0.15) is 16.8 Å². The van der Waals surface area contributed by atoms with Crippen molar-refractivity contribution in [2.45, 2.75) is 13.0 Å². The van der Waals surface area contributed by atoms with Gasteiger partial charge in [-0.1, -0.05) is 41.9 Å². The van der Waals surface area contributed by atoms with Crippen LogP contribution in [0.15, 0.2) is 60.0 Å². The van der Waals surface area contributed by atoms with E-state index in [1.807, 2.05) is 48.5 Å². The number of ether oxygens (including phenoxy) is 2.